The fourth-order valence-corrected chi connectivity index (χ4v) is 3.50. The third kappa shape index (κ3) is 7.45. The van der Waals surface area contributed by atoms with Gasteiger partial charge in [0, 0.05) is 18.1 Å². The molecule has 2 aromatic carbocycles. The fraction of sp³-hybridized carbons (Fsp3) is 0.440. The van der Waals surface area contributed by atoms with Gasteiger partial charge in [-0.1, -0.05) is 49.6 Å². The van der Waals surface area contributed by atoms with Crippen LogP contribution in [-0.2, 0) is 22.6 Å². The van der Waals surface area contributed by atoms with Gasteiger partial charge in [0.05, 0.1) is 20.6 Å². The summed E-state index contributed by atoms with van der Waals surface area (Å²) in [6.45, 7) is 4.80. The maximum absolute atomic E-state index is 13.3. The lowest BCUT2D eigenvalue weighted by Gasteiger charge is -2.29. The Kier molecular flexibility index (Phi) is 10.3. The van der Waals surface area contributed by atoms with E-state index in [1.54, 1.807) is 50.3 Å². The van der Waals surface area contributed by atoms with Gasteiger partial charge >= 0.3 is 0 Å². The van der Waals surface area contributed by atoms with Crippen molar-refractivity contribution in [3.8, 4) is 11.5 Å². The van der Waals surface area contributed by atoms with Crippen molar-refractivity contribution >= 4 is 23.4 Å². The Hall–Kier alpha value is -2.73. The number of amides is 2. The molecule has 2 amide bonds. The van der Waals surface area contributed by atoms with Crippen LogP contribution in [0.15, 0.2) is 42.5 Å². The van der Waals surface area contributed by atoms with Crippen LogP contribution in [0, 0.1) is 0 Å². The molecule has 6 nitrogen and oxygen atoms in total. The number of nitrogens with one attached hydrogen (secondary N) is 1. The fourth-order valence-electron chi connectivity index (χ4n) is 3.37. The molecule has 0 aliphatic heterocycles. The first-order valence-electron chi connectivity index (χ1n) is 10.9. The van der Waals surface area contributed by atoms with Gasteiger partial charge in [-0.15, -0.1) is 0 Å². The third-order valence-corrected chi connectivity index (χ3v) is 5.57. The van der Waals surface area contributed by atoms with Gasteiger partial charge in [-0.2, -0.15) is 0 Å². The Morgan fingerprint density at radius 2 is 1.66 bits per heavy atom. The van der Waals surface area contributed by atoms with Crippen LogP contribution in [-0.4, -0.2) is 43.5 Å². The van der Waals surface area contributed by atoms with Crippen LogP contribution in [0.2, 0.25) is 5.02 Å². The van der Waals surface area contributed by atoms with Gasteiger partial charge in [-0.25, -0.2) is 0 Å². The molecule has 2 aromatic rings. The lowest BCUT2D eigenvalue weighted by Crippen LogP contribution is -2.48. The van der Waals surface area contributed by atoms with Crippen molar-refractivity contribution in [3.05, 3.63) is 58.6 Å². The largest absolute Gasteiger partial charge is 0.493 e. The monoisotopic (exact) mass is 460 g/mol. The number of ether oxygens (including phenoxy) is 2. The maximum Gasteiger partial charge on any atom is 0.242 e. The van der Waals surface area contributed by atoms with Crippen molar-refractivity contribution in [2.45, 2.75) is 52.1 Å². The first-order valence-corrected chi connectivity index (χ1v) is 11.3. The standard InChI is InChI=1S/C25H33ClN2O4/c1-5-6-7-14-27-25(30)18(2)28(17-19-8-11-21(26)12-9-19)24(29)16-20-10-13-22(31-3)23(15-20)32-4/h8-13,15,18H,5-7,14,16-17H2,1-4H3,(H,27,30)/t18-/m0/s1. The number of methoxy groups -OCH3 is 2. The van der Waals surface area contributed by atoms with E-state index in [2.05, 4.69) is 12.2 Å². The maximum atomic E-state index is 13.3. The lowest BCUT2D eigenvalue weighted by molar-refractivity contribution is -0.140. The highest BCUT2D eigenvalue weighted by Gasteiger charge is 2.26. The van der Waals surface area contributed by atoms with Crippen LogP contribution in [0.5, 0.6) is 11.5 Å². The highest BCUT2D eigenvalue weighted by atomic mass is 35.5. The number of nitrogens with zero attached hydrogens (tertiary/aromatic N) is 1. The molecular weight excluding hydrogens is 428 g/mol. The van der Waals surface area contributed by atoms with E-state index in [-0.39, 0.29) is 18.2 Å². The Morgan fingerprint density at radius 3 is 2.28 bits per heavy atom. The predicted molar refractivity (Wildman–Crippen MR) is 127 cm³/mol. The van der Waals surface area contributed by atoms with E-state index in [1.165, 1.54) is 0 Å². The van der Waals surface area contributed by atoms with Crippen molar-refractivity contribution in [2.24, 2.45) is 0 Å². The number of benzene rings is 2. The SMILES string of the molecule is CCCCCNC(=O)[C@H](C)N(Cc1ccc(Cl)cc1)C(=O)Cc1ccc(OC)c(OC)c1. The molecule has 0 bridgehead atoms. The van der Waals surface area contributed by atoms with Gasteiger partial charge in [0.1, 0.15) is 6.04 Å². The van der Waals surface area contributed by atoms with E-state index < -0.39 is 6.04 Å². The summed E-state index contributed by atoms with van der Waals surface area (Å²) in [5, 5.41) is 3.58. The van der Waals surface area contributed by atoms with Crippen molar-refractivity contribution in [3.63, 3.8) is 0 Å². The average Bonchev–Trinajstić information content (AvgIpc) is 2.80. The molecule has 0 saturated heterocycles. The second kappa shape index (κ2) is 13.0. The first-order chi connectivity index (χ1) is 15.4. The van der Waals surface area contributed by atoms with E-state index in [4.69, 9.17) is 21.1 Å². The second-order valence-electron chi connectivity index (χ2n) is 7.69. The van der Waals surface area contributed by atoms with E-state index in [0.717, 1.165) is 30.4 Å². The van der Waals surface area contributed by atoms with Gasteiger partial charge in [0.2, 0.25) is 11.8 Å². The van der Waals surface area contributed by atoms with Crippen LogP contribution in [0.4, 0.5) is 0 Å². The van der Waals surface area contributed by atoms with E-state index in [1.807, 2.05) is 18.2 Å². The Morgan fingerprint density at radius 1 is 1.00 bits per heavy atom. The Balaban J connectivity index is 2.19. The van der Waals surface area contributed by atoms with Gasteiger partial charge in [0.25, 0.3) is 0 Å². The highest BCUT2D eigenvalue weighted by Crippen LogP contribution is 2.28. The summed E-state index contributed by atoms with van der Waals surface area (Å²) in [5.74, 6) is 0.851. The molecule has 174 valence electrons. The molecule has 0 fully saturated rings. The van der Waals surface area contributed by atoms with E-state index in [0.29, 0.717) is 29.6 Å². The average molecular weight is 461 g/mol. The minimum atomic E-state index is -0.611. The summed E-state index contributed by atoms with van der Waals surface area (Å²) >= 11 is 6.00. The molecule has 0 aliphatic rings. The van der Waals surface area contributed by atoms with Gasteiger partial charge in [-0.3, -0.25) is 9.59 Å². The molecule has 0 spiro atoms. The van der Waals surface area contributed by atoms with E-state index >= 15 is 0 Å². The summed E-state index contributed by atoms with van der Waals surface area (Å²) in [7, 11) is 3.12. The number of carbonyl (C=O) groups excluding carboxylic acids is 2. The zero-order valence-corrected chi connectivity index (χ0v) is 20.1. The molecule has 0 aliphatic carbocycles. The third-order valence-electron chi connectivity index (χ3n) is 5.32. The number of carbonyl (C=O) groups is 2. The normalized spacial score (nSPS) is 11.5. The quantitative estimate of drug-likeness (QED) is 0.469. The Labute approximate surface area is 195 Å². The highest BCUT2D eigenvalue weighted by molar-refractivity contribution is 6.30. The molecule has 0 unspecified atom stereocenters. The van der Waals surface area contributed by atoms with Crippen molar-refractivity contribution in [1.82, 2.24) is 10.2 Å². The number of rotatable bonds is 12. The number of unbranched alkanes of at least 4 members (excludes halogenated alkanes) is 2. The molecule has 0 heterocycles. The summed E-state index contributed by atoms with van der Waals surface area (Å²) in [5.41, 5.74) is 1.69. The number of halogens is 1. The summed E-state index contributed by atoms with van der Waals surface area (Å²) in [6, 6.07) is 12.1. The van der Waals surface area contributed by atoms with Crippen molar-refractivity contribution < 1.29 is 19.1 Å². The van der Waals surface area contributed by atoms with Crippen molar-refractivity contribution in [1.29, 1.82) is 0 Å². The molecule has 1 atom stereocenters. The van der Waals surface area contributed by atoms with Crippen LogP contribution in [0.3, 0.4) is 0 Å². The molecule has 32 heavy (non-hydrogen) atoms. The molecule has 0 aromatic heterocycles. The Bertz CT molecular complexity index is 886. The summed E-state index contributed by atoms with van der Waals surface area (Å²) in [4.78, 5) is 27.7. The summed E-state index contributed by atoms with van der Waals surface area (Å²) in [6.07, 6.45) is 3.20. The second-order valence-corrected chi connectivity index (χ2v) is 8.12. The predicted octanol–water partition coefficient (Wildman–Crippen LogP) is 4.62. The molecule has 2 rings (SSSR count). The van der Waals surface area contributed by atoms with Crippen molar-refractivity contribution in [2.75, 3.05) is 20.8 Å². The summed E-state index contributed by atoms with van der Waals surface area (Å²) < 4.78 is 10.6. The smallest absolute Gasteiger partial charge is 0.242 e. The van der Waals surface area contributed by atoms with Crippen LogP contribution < -0.4 is 14.8 Å². The minimum Gasteiger partial charge on any atom is -0.493 e. The number of hydrogen-bond acceptors (Lipinski definition) is 4. The van der Waals surface area contributed by atoms with Crippen LogP contribution >= 0.6 is 11.6 Å². The van der Waals surface area contributed by atoms with Crippen LogP contribution in [0.1, 0.15) is 44.2 Å². The lowest BCUT2D eigenvalue weighted by atomic mass is 10.1. The van der Waals surface area contributed by atoms with Crippen LogP contribution in [0.25, 0.3) is 0 Å². The zero-order chi connectivity index (χ0) is 23.5. The molecule has 7 heteroatoms. The first kappa shape index (κ1) is 25.5. The van der Waals surface area contributed by atoms with Gasteiger partial charge in [0.15, 0.2) is 11.5 Å². The number of hydrogen-bond donors (Lipinski definition) is 1. The van der Waals surface area contributed by atoms with Gasteiger partial charge in [-0.05, 0) is 48.7 Å². The molecular formula is C25H33ClN2O4. The topological polar surface area (TPSA) is 67.9 Å². The molecule has 0 radical (unpaired) electrons. The zero-order valence-electron chi connectivity index (χ0n) is 19.3. The minimum absolute atomic E-state index is 0.140. The molecule has 1 N–H and O–H groups in total. The molecule has 0 saturated carbocycles. The van der Waals surface area contributed by atoms with E-state index in [9.17, 15) is 9.59 Å². The van der Waals surface area contributed by atoms with Gasteiger partial charge < -0.3 is 19.7 Å².